The summed E-state index contributed by atoms with van der Waals surface area (Å²) in [6.07, 6.45) is 5.16. The fraction of sp³-hybridized carbons (Fsp3) is 0.583. The van der Waals surface area contributed by atoms with Crippen molar-refractivity contribution in [3.05, 3.63) is 27.9 Å². The zero-order valence-electron chi connectivity index (χ0n) is 10.4. The molecule has 0 saturated carbocycles. The summed E-state index contributed by atoms with van der Waals surface area (Å²) in [5.74, 6) is 1.99. The highest BCUT2D eigenvalue weighted by Crippen LogP contribution is 2.25. The summed E-state index contributed by atoms with van der Waals surface area (Å²) < 4.78 is 0. The molecule has 5 nitrogen and oxygen atoms in total. The highest BCUT2D eigenvalue weighted by Gasteiger charge is 2.15. The SMILES string of the molecule is Cc1cc([N+](=O)[O-])cnc1NCC1CCCCS1. The Morgan fingerprint density at radius 3 is 3.06 bits per heavy atom. The van der Waals surface area contributed by atoms with Gasteiger partial charge in [0.15, 0.2) is 0 Å². The lowest BCUT2D eigenvalue weighted by atomic mass is 10.2. The van der Waals surface area contributed by atoms with E-state index in [1.54, 1.807) is 6.07 Å². The lowest BCUT2D eigenvalue weighted by Crippen LogP contribution is -2.20. The van der Waals surface area contributed by atoms with Gasteiger partial charge in [-0.2, -0.15) is 11.8 Å². The van der Waals surface area contributed by atoms with Crippen LogP contribution < -0.4 is 5.32 Å². The summed E-state index contributed by atoms with van der Waals surface area (Å²) in [4.78, 5) is 14.3. The minimum Gasteiger partial charge on any atom is -0.369 e. The summed E-state index contributed by atoms with van der Waals surface area (Å²) in [6.45, 7) is 2.73. The van der Waals surface area contributed by atoms with Crippen LogP contribution in [0.15, 0.2) is 12.3 Å². The molecule has 0 spiro atoms. The highest BCUT2D eigenvalue weighted by atomic mass is 32.2. The van der Waals surface area contributed by atoms with E-state index in [1.807, 2.05) is 18.7 Å². The van der Waals surface area contributed by atoms with Crippen molar-refractivity contribution < 1.29 is 4.92 Å². The summed E-state index contributed by atoms with van der Waals surface area (Å²) >= 11 is 2.00. The minimum atomic E-state index is -0.416. The molecule has 0 aromatic carbocycles. The molecule has 0 radical (unpaired) electrons. The summed E-state index contributed by atoms with van der Waals surface area (Å²) in [7, 11) is 0. The first-order chi connectivity index (χ1) is 8.66. The summed E-state index contributed by atoms with van der Waals surface area (Å²) in [6, 6.07) is 1.56. The third-order valence-corrected chi connectivity index (χ3v) is 4.44. The van der Waals surface area contributed by atoms with Gasteiger partial charge in [-0.15, -0.1) is 0 Å². The van der Waals surface area contributed by atoms with Crippen LogP contribution in [0.25, 0.3) is 0 Å². The van der Waals surface area contributed by atoms with Crippen LogP contribution in [0.5, 0.6) is 0 Å². The second-order valence-electron chi connectivity index (χ2n) is 4.49. The van der Waals surface area contributed by atoms with E-state index in [0.717, 1.165) is 17.9 Å². The van der Waals surface area contributed by atoms with E-state index in [0.29, 0.717) is 5.25 Å². The molecule has 1 aliphatic heterocycles. The Labute approximate surface area is 111 Å². The van der Waals surface area contributed by atoms with Crippen molar-refractivity contribution in [1.82, 2.24) is 4.98 Å². The van der Waals surface area contributed by atoms with Gasteiger partial charge >= 0.3 is 0 Å². The molecule has 1 saturated heterocycles. The quantitative estimate of drug-likeness (QED) is 0.671. The van der Waals surface area contributed by atoms with Crippen LogP contribution in [0.1, 0.15) is 24.8 Å². The molecule has 0 aliphatic carbocycles. The van der Waals surface area contributed by atoms with E-state index in [4.69, 9.17) is 0 Å². The van der Waals surface area contributed by atoms with Crippen molar-refractivity contribution in [3.63, 3.8) is 0 Å². The predicted octanol–water partition coefficient (Wildman–Crippen LogP) is 3.00. The number of nitrogens with one attached hydrogen (secondary N) is 1. The normalized spacial score (nSPS) is 19.5. The average molecular weight is 267 g/mol. The van der Waals surface area contributed by atoms with Gasteiger partial charge < -0.3 is 5.32 Å². The predicted molar refractivity (Wildman–Crippen MR) is 74.2 cm³/mol. The second kappa shape index (κ2) is 6.04. The maximum atomic E-state index is 10.6. The van der Waals surface area contributed by atoms with Gasteiger partial charge in [-0.3, -0.25) is 10.1 Å². The van der Waals surface area contributed by atoms with Gasteiger partial charge in [-0.05, 0) is 31.1 Å². The third kappa shape index (κ3) is 3.35. The molecule has 18 heavy (non-hydrogen) atoms. The third-order valence-electron chi connectivity index (χ3n) is 3.05. The Morgan fingerprint density at radius 1 is 1.61 bits per heavy atom. The number of nitrogens with zero attached hydrogens (tertiary/aromatic N) is 2. The fourth-order valence-corrected chi connectivity index (χ4v) is 3.26. The lowest BCUT2D eigenvalue weighted by molar-refractivity contribution is -0.385. The monoisotopic (exact) mass is 267 g/mol. The van der Waals surface area contributed by atoms with Gasteiger partial charge in [0.1, 0.15) is 12.0 Å². The standard InChI is InChI=1S/C12H17N3O2S/c1-9-6-10(15(16)17)7-13-12(9)14-8-11-4-2-3-5-18-11/h6-7,11H,2-5,8H2,1H3,(H,13,14). The molecule has 6 heteroatoms. The molecule has 0 bridgehead atoms. The summed E-state index contributed by atoms with van der Waals surface area (Å²) in [5, 5.41) is 14.5. The average Bonchev–Trinajstić information content (AvgIpc) is 2.38. The van der Waals surface area contributed by atoms with Gasteiger partial charge in [0.2, 0.25) is 0 Å². The number of thioether (sulfide) groups is 1. The van der Waals surface area contributed by atoms with Crippen molar-refractivity contribution >= 4 is 23.3 Å². The van der Waals surface area contributed by atoms with Crippen LogP contribution in [0, 0.1) is 17.0 Å². The number of nitro groups is 1. The molecule has 98 valence electrons. The van der Waals surface area contributed by atoms with Gasteiger partial charge in [0.25, 0.3) is 5.69 Å². The molecule has 1 atom stereocenters. The van der Waals surface area contributed by atoms with Crippen molar-refractivity contribution in [2.75, 3.05) is 17.6 Å². The fourth-order valence-electron chi connectivity index (χ4n) is 2.02. The number of rotatable bonds is 4. The number of hydrogen-bond acceptors (Lipinski definition) is 5. The smallest absolute Gasteiger partial charge is 0.287 e. The van der Waals surface area contributed by atoms with Gasteiger partial charge in [-0.25, -0.2) is 4.98 Å². The Kier molecular flexibility index (Phi) is 4.41. The number of aryl methyl sites for hydroxylation is 1. The largest absolute Gasteiger partial charge is 0.369 e. The van der Waals surface area contributed by atoms with Crippen molar-refractivity contribution in [3.8, 4) is 0 Å². The molecule has 1 aliphatic rings. The van der Waals surface area contributed by atoms with Crippen molar-refractivity contribution in [2.24, 2.45) is 0 Å². The first-order valence-corrected chi connectivity index (χ1v) is 7.18. The van der Waals surface area contributed by atoms with E-state index in [-0.39, 0.29) is 5.69 Å². The van der Waals surface area contributed by atoms with Crippen LogP contribution >= 0.6 is 11.8 Å². The number of hydrogen-bond donors (Lipinski definition) is 1. The van der Waals surface area contributed by atoms with Gasteiger partial charge in [0, 0.05) is 17.9 Å². The van der Waals surface area contributed by atoms with Crippen LogP contribution in [-0.2, 0) is 0 Å². The maximum absolute atomic E-state index is 10.6. The molecule has 1 unspecified atom stereocenters. The Bertz CT molecular complexity index is 433. The first-order valence-electron chi connectivity index (χ1n) is 6.13. The highest BCUT2D eigenvalue weighted by molar-refractivity contribution is 7.99. The van der Waals surface area contributed by atoms with Crippen LogP contribution in [0.4, 0.5) is 11.5 Å². The summed E-state index contributed by atoms with van der Waals surface area (Å²) in [5.41, 5.74) is 0.870. The van der Waals surface area contributed by atoms with Crippen LogP contribution in [0.2, 0.25) is 0 Å². The lowest BCUT2D eigenvalue weighted by Gasteiger charge is -2.22. The van der Waals surface area contributed by atoms with Crippen molar-refractivity contribution in [2.45, 2.75) is 31.4 Å². The number of pyridine rings is 1. The van der Waals surface area contributed by atoms with Crippen molar-refractivity contribution in [1.29, 1.82) is 0 Å². The molecular formula is C12H17N3O2S. The van der Waals surface area contributed by atoms with E-state index >= 15 is 0 Å². The van der Waals surface area contributed by atoms with E-state index in [9.17, 15) is 10.1 Å². The molecule has 1 fully saturated rings. The molecule has 2 rings (SSSR count). The molecule has 0 amide bonds. The molecule has 1 aromatic rings. The number of anilines is 1. The molecule has 1 N–H and O–H groups in total. The maximum Gasteiger partial charge on any atom is 0.287 e. The Hall–Kier alpha value is -1.30. The van der Waals surface area contributed by atoms with Gasteiger partial charge in [0.05, 0.1) is 4.92 Å². The first kappa shape index (κ1) is 13.1. The zero-order valence-corrected chi connectivity index (χ0v) is 11.2. The molecule has 2 heterocycles. The molecule has 1 aromatic heterocycles. The van der Waals surface area contributed by atoms with Crippen LogP contribution in [0.3, 0.4) is 0 Å². The Morgan fingerprint density at radius 2 is 2.44 bits per heavy atom. The van der Waals surface area contributed by atoms with Crippen LogP contribution in [-0.4, -0.2) is 27.5 Å². The molecular weight excluding hydrogens is 250 g/mol. The van der Waals surface area contributed by atoms with E-state index in [2.05, 4.69) is 10.3 Å². The Balaban J connectivity index is 1.94. The minimum absolute atomic E-state index is 0.0464. The second-order valence-corrected chi connectivity index (χ2v) is 5.89. The van der Waals surface area contributed by atoms with E-state index < -0.39 is 4.92 Å². The van der Waals surface area contributed by atoms with Gasteiger partial charge in [-0.1, -0.05) is 6.42 Å². The zero-order chi connectivity index (χ0) is 13.0. The number of aromatic nitrogens is 1. The topological polar surface area (TPSA) is 68.1 Å². The van der Waals surface area contributed by atoms with E-state index in [1.165, 1.54) is 31.2 Å².